The van der Waals surface area contributed by atoms with Crippen molar-refractivity contribution in [1.29, 1.82) is 0 Å². The van der Waals surface area contributed by atoms with E-state index in [1.807, 2.05) is 0 Å². The fourth-order valence-corrected chi connectivity index (χ4v) is 4.23. The van der Waals surface area contributed by atoms with Crippen molar-refractivity contribution >= 4 is 29.1 Å². The Labute approximate surface area is 208 Å². The van der Waals surface area contributed by atoms with E-state index in [4.69, 9.17) is 0 Å². The summed E-state index contributed by atoms with van der Waals surface area (Å²) in [4.78, 5) is 30.2. The second-order valence-electron chi connectivity index (χ2n) is 8.44. The summed E-state index contributed by atoms with van der Waals surface area (Å²) in [6, 6.07) is 9.03. The number of alkyl halides is 3. The highest BCUT2D eigenvalue weighted by Gasteiger charge is 2.38. The molecule has 2 amide bonds. The highest BCUT2D eigenvalue weighted by molar-refractivity contribution is 5.99. The van der Waals surface area contributed by atoms with Crippen LogP contribution in [0.1, 0.15) is 22.5 Å². The minimum atomic E-state index is -4.68. The molecule has 1 saturated heterocycles. The minimum Gasteiger partial charge on any atom is -0.348 e. The zero-order valence-electron chi connectivity index (χ0n) is 19.3. The number of aromatic amines is 1. The fourth-order valence-electron chi connectivity index (χ4n) is 4.23. The molecule has 0 aliphatic carbocycles. The monoisotopic (exact) mass is 510 g/mol. The van der Waals surface area contributed by atoms with Crippen LogP contribution in [0.2, 0.25) is 0 Å². The number of fused-ring (bicyclic) bond motifs is 1. The summed E-state index contributed by atoms with van der Waals surface area (Å²) in [6.45, 7) is 4.18. The molecule has 3 N–H and O–H groups in total. The van der Waals surface area contributed by atoms with Crippen molar-refractivity contribution in [3.05, 3.63) is 72.7 Å². The smallest absolute Gasteiger partial charge is 0.348 e. The van der Waals surface area contributed by atoms with Crippen molar-refractivity contribution < 1.29 is 22.8 Å². The zero-order chi connectivity index (χ0) is 26.2. The van der Waals surface area contributed by atoms with Crippen LogP contribution in [0.3, 0.4) is 0 Å². The van der Waals surface area contributed by atoms with Crippen molar-refractivity contribution in [1.82, 2.24) is 29.7 Å². The molecule has 1 aliphatic rings. The van der Waals surface area contributed by atoms with Gasteiger partial charge in [-0.2, -0.15) is 23.3 Å². The Morgan fingerprint density at radius 1 is 1.16 bits per heavy atom. The first-order valence-electron chi connectivity index (χ1n) is 11.3. The Balaban J connectivity index is 1.31. The van der Waals surface area contributed by atoms with Gasteiger partial charge in [-0.05, 0) is 48.9 Å². The molecule has 1 aliphatic heterocycles. The summed E-state index contributed by atoms with van der Waals surface area (Å²) >= 11 is 0. The minimum absolute atomic E-state index is 0.0384. The number of hydrogen-bond donors (Lipinski definition) is 3. The van der Waals surface area contributed by atoms with Crippen molar-refractivity contribution in [2.75, 3.05) is 23.7 Å². The number of carbonyl (C=O) groups is 2. The fraction of sp³-hybridized carbons (Fsp3) is 0.208. The van der Waals surface area contributed by atoms with Gasteiger partial charge in [0.25, 0.3) is 5.91 Å². The summed E-state index contributed by atoms with van der Waals surface area (Å²) in [5, 5.41) is 16.0. The molecule has 10 nitrogen and oxygen atoms in total. The highest BCUT2D eigenvalue weighted by Crippen LogP contribution is 2.37. The Kier molecular flexibility index (Phi) is 6.11. The molecule has 4 aromatic rings. The third-order valence-electron chi connectivity index (χ3n) is 5.97. The quantitative estimate of drug-likeness (QED) is 0.341. The molecule has 37 heavy (non-hydrogen) atoms. The predicted octanol–water partition coefficient (Wildman–Crippen LogP) is 3.59. The van der Waals surface area contributed by atoms with Gasteiger partial charge < -0.3 is 15.5 Å². The second kappa shape index (κ2) is 9.41. The van der Waals surface area contributed by atoms with Gasteiger partial charge in [0.05, 0.1) is 6.20 Å². The van der Waals surface area contributed by atoms with Gasteiger partial charge in [0, 0.05) is 47.7 Å². The van der Waals surface area contributed by atoms with Crippen LogP contribution >= 0.6 is 0 Å². The number of halogens is 3. The van der Waals surface area contributed by atoms with E-state index >= 15 is 0 Å². The number of nitrogens with one attached hydrogen (secondary N) is 3. The van der Waals surface area contributed by atoms with Crippen LogP contribution in [0.5, 0.6) is 0 Å². The third kappa shape index (κ3) is 4.87. The van der Waals surface area contributed by atoms with Gasteiger partial charge in [-0.25, -0.2) is 4.52 Å². The number of amides is 2. The number of benzene rings is 1. The van der Waals surface area contributed by atoms with Crippen molar-refractivity contribution in [3.63, 3.8) is 0 Å². The van der Waals surface area contributed by atoms with Gasteiger partial charge in [0.1, 0.15) is 0 Å². The Morgan fingerprint density at radius 3 is 2.62 bits per heavy atom. The average Bonchev–Trinajstić information content (AvgIpc) is 3.63. The van der Waals surface area contributed by atoms with Gasteiger partial charge in [-0.1, -0.05) is 6.58 Å². The first-order chi connectivity index (χ1) is 17.7. The second-order valence-corrected chi connectivity index (χ2v) is 8.44. The SMILES string of the molecule is C=CC(=O)Nc1ccc(C(=O)N2CC[C@@H](Nc3nc4ccc(-c5cn[nH]c5)c(C(F)(F)F)n4n3)C2)cc1. The lowest BCUT2D eigenvalue weighted by molar-refractivity contribution is -0.142. The molecule has 1 aromatic carbocycles. The van der Waals surface area contributed by atoms with E-state index in [0.29, 0.717) is 30.8 Å². The molecular formula is C24H21F3N8O2. The Bertz CT molecular complexity index is 1460. The van der Waals surface area contributed by atoms with Gasteiger partial charge in [-0.3, -0.25) is 14.7 Å². The van der Waals surface area contributed by atoms with E-state index < -0.39 is 11.9 Å². The molecule has 1 fully saturated rings. The van der Waals surface area contributed by atoms with Gasteiger partial charge in [0.15, 0.2) is 11.3 Å². The van der Waals surface area contributed by atoms with Gasteiger partial charge >= 0.3 is 6.18 Å². The topological polar surface area (TPSA) is 120 Å². The summed E-state index contributed by atoms with van der Waals surface area (Å²) < 4.78 is 42.7. The zero-order valence-corrected chi connectivity index (χ0v) is 19.3. The number of carbonyl (C=O) groups excluding carboxylic acids is 2. The Hall–Kier alpha value is -4.68. The largest absolute Gasteiger partial charge is 0.434 e. The summed E-state index contributed by atoms with van der Waals surface area (Å²) in [7, 11) is 0. The summed E-state index contributed by atoms with van der Waals surface area (Å²) in [5.41, 5.74) is 0.275. The maximum Gasteiger partial charge on any atom is 0.434 e. The number of anilines is 2. The molecule has 5 rings (SSSR count). The van der Waals surface area contributed by atoms with Crippen LogP contribution in [0.25, 0.3) is 16.8 Å². The molecule has 0 radical (unpaired) electrons. The van der Waals surface area contributed by atoms with Crippen LogP contribution in [-0.2, 0) is 11.0 Å². The number of hydrogen-bond acceptors (Lipinski definition) is 6. The van der Waals surface area contributed by atoms with Gasteiger partial charge in [0.2, 0.25) is 11.9 Å². The molecule has 4 heterocycles. The normalized spacial score (nSPS) is 15.6. The number of likely N-dealkylation sites (tertiary alicyclic amines) is 1. The molecule has 0 unspecified atom stereocenters. The third-order valence-corrected chi connectivity index (χ3v) is 5.97. The predicted molar refractivity (Wildman–Crippen MR) is 129 cm³/mol. The molecule has 0 spiro atoms. The van der Waals surface area contributed by atoms with Crippen LogP contribution in [0.4, 0.5) is 24.8 Å². The first-order valence-corrected chi connectivity index (χ1v) is 11.3. The van der Waals surface area contributed by atoms with Crippen LogP contribution < -0.4 is 10.6 Å². The van der Waals surface area contributed by atoms with Crippen molar-refractivity contribution in [2.24, 2.45) is 0 Å². The lowest BCUT2D eigenvalue weighted by Gasteiger charge is -2.17. The lowest BCUT2D eigenvalue weighted by atomic mass is 10.1. The van der Waals surface area contributed by atoms with E-state index in [2.05, 4.69) is 37.5 Å². The van der Waals surface area contributed by atoms with Crippen molar-refractivity contribution in [2.45, 2.75) is 18.6 Å². The highest BCUT2D eigenvalue weighted by atomic mass is 19.4. The maximum absolute atomic E-state index is 14.0. The molecular weight excluding hydrogens is 489 g/mol. The van der Waals surface area contributed by atoms with Crippen molar-refractivity contribution in [3.8, 4) is 11.1 Å². The van der Waals surface area contributed by atoms with Gasteiger partial charge in [-0.15, -0.1) is 5.10 Å². The molecule has 3 aromatic heterocycles. The van der Waals surface area contributed by atoms with Crippen LogP contribution in [0, 0.1) is 0 Å². The number of aromatic nitrogens is 5. The van der Waals surface area contributed by atoms with Crippen LogP contribution in [-0.4, -0.2) is 60.6 Å². The molecule has 0 bridgehead atoms. The molecule has 1 atom stereocenters. The van der Waals surface area contributed by atoms with Crippen LogP contribution in [0.15, 0.2) is 61.4 Å². The average molecular weight is 510 g/mol. The maximum atomic E-state index is 14.0. The summed E-state index contributed by atoms with van der Waals surface area (Å²) in [5.74, 6) is -0.512. The summed E-state index contributed by atoms with van der Waals surface area (Å²) in [6.07, 6.45) is -0.279. The molecule has 0 saturated carbocycles. The van der Waals surface area contributed by atoms with E-state index in [1.54, 1.807) is 29.2 Å². The molecule has 190 valence electrons. The number of H-pyrrole nitrogens is 1. The van der Waals surface area contributed by atoms with E-state index in [1.165, 1.54) is 24.5 Å². The van der Waals surface area contributed by atoms with E-state index in [0.717, 1.165) is 10.6 Å². The number of pyridine rings is 1. The molecule has 13 heteroatoms. The number of rotatable bonds is 6. The first kappa shape index (κ1) is 24.0. The number of nitrogens with zero attached hydrogens (tertiary/aromatic N) is 5. The standard InChI is InChI=1S/C24H21F3N8O2/c1-2-20(36)30-16-5-3-14(4-6-16)22(37)34-10-9-17(13-34)31-23-32-19-8-7-18(15-11-28-29-12-15)21(24(25,26)27)35(19)33-23/h2-8,11-12,17H,1,9-10,13H2,(H,28,29)(H,30,36)(H,31,33)/t17-/m1/s1. The Morgan fingerprint density at radius 2 is 1.95 bits per heavy atom. The van der Waals surface area contributed by atoms with E-state index in [-0.39, 0.29) is 40.6 Å². The van der Waals surface area contributed by atoms with E-state index in [9.17, 15) is 22.8 Å². The lowest BCUT2D eigenvalue weighted by Crippen LogP contribution is -2.31.